The number of likely N-dealkylation sites (tertiary alicyclic amines) is 1. The summed E-state index contributed by atoms with van der Waals surface area (Å²) in [6.45, 7) is 11.9. The molecule has 0 saturated carbocycles. The summed E-state index contributed by atoms with van der Waals surface area (Å²) in [4.78, 5) is 2.59. The van der Waals surface area contributed by atoms with Crippen molar-refractivity contribution in [3.8, 4) is 0 Å². The quantitative estimate of drug-likeness (QED) is 0.433. The summed E-state index contributed by atoms with van der Waals surface area (Å²) in [7, 11) is -2.40. The van der Waals surface area contributed by atoms with Crippen LogP contribution in [0.1, 0.15) is 52.9 Å². The van der Waals surface area contributed by atoms with Crippen LogP contribution in [0, 0.1) is 0 Å². The average molecular weight is 304 g/mol. The van der Waals surface area contributed by atoms with E-state index in [4.69, 9.17) is 13.3 Å². The van der Waals surface area contributed by atoms with Crippen molar-refractivity contribution in [1.29, 1.82) is 0 Å². The van der Waals surface area contributed by atoms with Crippen LogP contribution in [-0.2, 0) is 13.3 Å². The maximum Gasteiger partial charge on any atom is 0.500 e. The predicted molar refractivity (Wildman–Crippen MR) is 85.0 cm³/mol. The number of rotatable bonds is 11. The summed E-state index contributed by atoms with van der Waals surface area (Å²) in [5.41, 5.74) is 0. The first-order valence-corrected chi connectivity index (χ1v) is 10.3. The van der Waals surface area contributed by atoms with Crippen molar-refractivity contribution in [3.63, 3.8) is 0 Å². The summed E-state index contributed by atoms with van der Waals surface area (Å²) in [5, 5.41) is 0. The second-order valence-electron chi connectivity index (χ2n) is 5.34. The van der Waals surface area contributed by atoms with Gasteiger partial charge in [-0.05, 0) is 66.1 Å². The van der Waals surface area contributed by atoms with Crippen LogP contribution in [0.25, 0.3) is 0 Å². The second kappa shape index (κ2) is 10.7. The lowest BCUT2D eigenvalue weighted by molar-refractivity contribution is 0.0703. The van der Waals surface area contributed by atoms with Gasteiger partial charge in [0, 0.05) is 25.9 Å². The molecule has 0 amide bonds. The molecule has 0 atom stereocenters. The largest absolute Gasteiger partial charge is 0.500 e. The molecule has 0 radical (unpaired) electrons. The minimum absolute atomic E-state index is 0.679. The molecular formula is C15H33NO3Si. The first-order chi connectivity index (χ1) is 9.76. The molecule has 1 aliphatic heterocycles. The van der Waals surface area contributed by atoms with E-state index in [1.165, 1.54) is 45.3 Å². The lowest BCUT2D eigenvalue weighted by Gasteiger charge is -2.29. The van der Waals surface area contributed by atoms with Gasteiger partial charge in [0.05, 0.1) is 0 Å². The summed E-state index contributed by atoms with van der Waals surface area (Å²) >= 11 is 0. The second-order valence-corrected chi connectivity index (χ2v) is 8.07. The van der Waals surface area contributed by atoms with Crippen LogP contribution in [0.2, 0.25) is 6.04 Å². The van der Waals surface area contributed by atoms with E-state index in [0.29, 0.717) is 19.8 Å². The smallest absolute Gasteiger partial charge is 0.374 e. The molecule has 0 N–H and O–H groups in total. The van der Waals surface area contributed by atoms with E-state index in [-0.39, 0.29) is 0 Å². The summed E-state index contributed by atoms with van der Waals surface area (Å²) < 4.78 is 17.6. The zero-order chi connectivity index (χ0) is 14.7. The number of nitrogens with zero attached hydrogens (tertiary/aromatic N) is 1. The summed E-state index contributed by atoms with van der Waals surface area (Å²) in [5.74, 6) is 0. The molecule has 0 unspecified atom stereocenters. The normalized spacial score (nSPS) is 17.6. The summed E-state index contributed by atoms with van der Waals surface area (Å²) in [6.07, 6.45) is 6.52. The Hall–Kier alpha value is 0.0569. The molecule has 1 rings (SSSR count). The van der Waals surface area contributed by atoms with Gasteiger partial charge in [0.25, 0.3) is 0 Å². The van der Waals surface area contributed by atoms with E-state index in [2.05, 4.69) is 4.90 Å². The predicted octanol–water partition coefficient (Wildman–Crippen LogP) is 3.30. The molecule has 120 valence electrons. The van der Waals surface area contributed by atoms with E-state index in [0.717, 1.165) is 12.5 Å². The minimum atomic E-state index is -2.40. The van der Waals surface area contributed by atoms with Gasteiger partial charge in [0.1, 0.15) is 0 Å². The van der Waals surface area contributed by atoms with Crippen LogP contribution in [0.3, 0.4) is 0 Å². The third-order valence-electron chi connectivity index (χ3n) is 3.75. The van der Waals surface area contributed by atoms with Crippen molar-refractivity contribution in [2.24, 2.45) is 0 Å². The SMILES string of the molecule is CCO[Si](CCCCN1CCCCC1)(OCC)OCC. The van der Waals surface area contributed by atoms with Crippen LogP contribution in [0.4, 0.5) is 0 Å². The molecule has 0 aromatic rings. The third kappa shape index (κ3) is 6.67. The first-order valence-electron chi connectivity index (χ1n) is 8.40. The van der Waals surface area contributed by atoms with Crippen molar-refractivity contribution in [1.82, 2.24) is 4.90 Å². The number of hydrogen-bond donors (Lipinski definition) is 0. The van der Waals surface area contributed by atoms with Crippen LogP contribution in [-0.4, -0.2) is 53.2 Å². The zero-order valence-electron chi connectivity index (χ0n) is 13.7. The van der Waals surface area contributed by atoms with Crippen molar-refractivity contribution in [2.75, 3.05) is 39.5 Å². The molecular weight excluding hydrogens is 270 g/mol. The Balaban J connectivity index is 2.28. The Morgan fingerprint density at radius 2 is 1.35 bits per heavy atom. The van der Waals surface area contributed by atoms with Gasteiger partial charge < -0.3 is 18.2 Å². The number of piperidine rings is 1. The highest BCUT2D eigenvalue weighted by Crippen LogP contribution is 2.20. The highest BCUT2D eigenvalue weighted by Gasteiger charge is 2.39. The Bertz CT molecular complexity index is 218. The zero-order valence-corrected chi connectivity index (χ0v) is 14.7. The Labute approximate surface area is 126 Å². The van der Waals surface area contributed by atoms with Gasteiger partial charge in [-0.25, -0.2) is 0 Å². The van der Waals surface area contributed by atoms with Crippen LogP contribution < -0.4 is 0 Å². The molecule has 1 fully saturated rings. The van der Waals surface area contributed by atoms with Gasteiger partial charge in [-0.1, -0.05) is 6.42 Å². The Kier molecular flexibility index (Phi) is 9.72. The molecule has 1 aliphatic rings. The summed E-state index contributed by atoms with van der Waals surface area (Å²) in [6, 6.07) is 0.955. The topological polar surface area (TPSA) is 30.9 Å². The van der Waals surface area contributed by atoms with Crippen molar-refractivity contribution < 1.29 is 13.3 Å². The van der Waals surface area contributed by atoms with Gasteiger partial charge in [0.2, 0.25) is 0 Å². The number of hydrogen-bond acceptors (Lipinski definition) is 4. The fourth-order valence-electron chi connectivity index (χ4n) is 2.86. The first kappa shape index (κ1) is 18.1. The third-order valence-corrected chi connectivity index (χ3v) is 6.90. The van der Waals surface area contributed by atoms with E-state index in [9.17, 15) is 0 Å². The fraction of sp³-hybridized carbons (Fsp3) is 1.00. The van der Waals surface area contributed by atoms with E-state index in [1.807, 2.05) is 20.8 Å². The minimum Gasteiger partial charge on any atom is -0.374 e. The molecule has 20 heavy (non-hydrogen) atoms. The molecule has 5 heteroatoms. The fourth-order valence-corrected chi connectivity index (χ4v) is 5.55. The maximum atomic E-state index is 5.88. The molecule has 0 bridgehead atoms. The van der Waals surface area contributed by atoms with Gasteiger partial charge in [0.15, 0.2) is 0 Å². The molecule has 4 nitrogen and oxygen atoms in total. The van der Waals surface area contributed by atoms with Gasteiger partial charge in [-0.3, -0.25) is 0 Å². The Morgan fingerprint density at radius 3 is 1.85 bits per heavy atom. The standard InChI is InChI=1S/C15H33NO3Si/c1-4-17-20(18-5-2,19-6-3)15-11-10-14-16-12-8-7-9-13-16/h4-15H2,1-3H3. The van der Waals surface area contributed by atoms with Crippen molar-refractivity contribution in [2.45, 2.75) is 58.9 Å². The lowest BCUT2D eigenvalue weighted by Crippen LogP contribution is -2.46. The average Bonchev–Trinajstić information content (AvgIpc) is 2.46. The Morgan fingerprint density at radius 1 is 0.800 bits per heavy atom. The van der Waals surface area contributed by atoms with Crippen LogP contribution in [0.15, 0.2) is 0 Å². The van der Waals surface area contributed by atoms with Crippen LogP contribution in [0.5, 0.6) is 0 Å². The molecule has 0 aromatic carbocycles. The molecule has 0 aromatic heterocycles. The highest BCUT2D eigenvalue weighted by atomic mass is 28.4. The number of unbranched alkanes of at least 4 members (excludes halogenated alkanes) is 1. The molecule has 0 spiro atoms. The van der Waals surface area contributed by atoms with E-state index in [1.54, 1.807) is 0 Å². The van der Waals surface area contributed by atoms with Gasteiger partial charge in [-0.15, -0.1) is 0 Å². The highest BCUT2D eigenvalue weighted by molar-refractivity contribution is 6.60. The lowest BCUT2D eigenvalue weighted by atomic mass is 10.1. The van der Waals surface area contributed by atoms with E-state index < -0.39 is 8.80 Å². The maximum absolute atomic E-state index is 5.88. The van der Waals surface area contributed by atoms with Gasteiger partial charge >= 0.3 is 8.80 Å². The van der Waals surface area contributed by atoms with E-state index >= 15 is 0 Å². The molecule has 1 heterocycles. The monoisotopic (exact) mass is 303 g/mol. The molecule has 0 aliphatic carbocycles. The van der Waals surface area contributed by atoms with Gasteiger partial charge in [-0.2, -0.15) is 0 Å². The van der Waals surface area contributed by atoms with Crippen LogP contribution >= 0.6 is 0 Å². The van der Waals surface area contributed by atoms with Crippen molar-refractivity contribution in [3.05, 3.63) is 0 Å². The molecule has 1 saturated heterocycles. The van der Waals surface area contributed by atoms with Crippen molar-refractivity contribution >= 4 is 8.80 Å².